The predicted molar refractivity (Wildman–Crippen MR) is 408 cm³/mol. The highest BCUT2D eigenvalue weighted by atomic mass is 16.8. The number of ether oxygens (including phenoxy) is 26. The fraction of sp³-hybridized carbons (Fsp3) is 0.974. The van der Waals surface area contributed by atoms with Gasteiger partial charge in [-0.05, 0) is 0 Å². The Labute approximate surface area is 767 Å². The van der Waals surface area contributed by atoms with Crippen LogP contribution >= 0.6 is 0 Å². The van der Waals surface area contributed by atoms with Gasteiger partial charge in [0.05, 0.1) is 92.5 Å². The second-order valence-electron chi connectivity index (χ2n) is 34.9. The molecule has 0 aromatic rings. The third-order valence-corrected chi connectivity index (χ3v) is 26.1. The molecule has 0 aromatic heterocycles. The molecule has 60 nitrogen and oxygen atoms in total. The third-order valence-electron chi connectivity index (χ3n) is 26.1. The number of hydrogen-bond donors (Lipinski definition) is 34. The lowest BCUT2D eigenvalue weighted by molar-refractivity contribution is -0.404. The van der Waals surface area contributed by atoms with E-state index in [1.165, 1.54) is 12.2 Å². The maximum atomic E-state index is 12.1. The van der Waals surface area contributed by atoms with E-state index in [-0.39, 0.29) is 0 Å². The second kappa shape index (κ2) is 47.5. The van der Waals surface area contributed by atoms with Crippen molar-refractivity contribution in [1.29, 1.82) is 0 Å². The van der Waals surface area contributed by atoms with E-state index in [2.05, 4.69) is 0 Å². The molecule has 60 heteroatoms. The van der Waals surface area contributed by atoms with Gasteiger partial charge in [-0.1, -0.05) is 12.2 Å². The van der Waals surface area contributed by atoms with E-state index in [1.54, 1.807) is 0 Å². The first-order chi connectivity index (χ1) is 64.9. The SMILES string of the molecule is OC[C@H]1O[C@@H]2O[C@H]3[C@H](O)[C@@H](O)[C@@H](O[C@H]4[C@H](O)[C@@H](O)[C@@H](O[C@H]5[C@H](O)[C@@H](O)[C@@H](O[C@H]6[C@H](O)[C@@H](O)[C@@H](O[C@H]7[C@H](O)[C@@H](O)[C@@H](O[C@H]1[C@H](O)[C@H]2O)O[C@@H]7CO)O[C@@H]6CO)O[C@@H]5COC/C=C\COC[C@H]1O[C@@H]2O[C@H]5[C@H](O)[C@@H](O)[C@@H](O[C@H]6[C@H](O)[C@@H](O)[C@@H](O[C@H]7[C@H](O)[C@@H](O)[C@@H](O[C@H]8[C@H](O)[C@@H](O)[C@@H](O[C@H]9[C@H](O)[C@@H](O)[C@@H](O[C@H]1[C@H](O)[C@H]2O)O[C@@H]9CO)O[C@@H]8CO)O[C@@H]7CO)O[C@@H]6CO)O[C@@H]5CO)O[C@@H]4CO)O[C@@H]3CO. The van der Waals surface area contributed by atoms with Crippen LogP contribution in [0.25, 0.3) is 0 Å². The van der Waals surface area contributed by atoms with Gasteiger partial charge in [0.25, 0.3) is 0 Å². The van der Waals surface area contributed by atoms with Crippen LogP contribution in [-0.2, 0) is 123 Å². The van der Waals surface area contributed by atoms with Crippen molar-refractivity contribution in [2.75, 3.05) is 92.5 Å². The van der Waals surface area contributed by atoms with Crippen LogP contribution in [0.3, 0.4) is 0 Å². The summed E-state index contributed by atoms with van der Waals surface area (Å²) in [5.41, 5.74) is 0. The third kappa shape index (κ3) is 22.3. The molecule has 788 valence electrons. The van der Waals surface area contributed by atoms with Gasteiger partial charge < -0.3 is 297 Å². The fourth-order valence-corrected chi connectivity index (χ4v) is 18.5. The van der Waals surface area contributed by atoms with Crippen LogP contribution in [0.1, 0.15) is 0 Å². The van der Waals surface area contributed by atoms with Crippen LogP contribution < -0.4 is 0 Å². The highest BCUT2D eigenvalue weighted by Crippen LogP contribution is 2.44. The molecule has 136 heavy (non-hydrogen) atoms. The van der Waals surface area contributed by atoms with Crippen LogP contribution in [0, 0.1) is 0 Å². The standard InChI is InChI=1S/C76H124O60/c77-5-17-53-29(87)41(99)65(113-17)127-55-19(7-79)117-69(45(103)33(55)91)131-59-23(11-83)121-73(49(107)37(59)95)135-63-27(123-75(51(109)39(63)97)133-61-25(13-85)119-71(47(105)35(61)93)129-57-21(9-81)115-67(125-53)43(101)31(57)89)15-111-3-1-2-4-112-16-28-64-40(98)52(110)76(124-28)134-62-26(14-86)120-72(48(106)36(62)94)130-58-22(10-82)116-68(44(102)32(58)90)126-54-18(6-78)114-66(42(100)30(54)88)128-56-20(8-80)118-70(46(104)34(56)92)132-60-24(12-84)122-74(136-64)50(108)38(60)96/h1-2,17-110H,3-16H2/b2-1-/t17-,18-,19-,20-,21-,22-,23-,24-,25-,26-,27-,28-,29-,30-,31-,32-,33-,34-,35-,36-,37-,38-,39-,40-,41-,42-,43-,44-,45-,46-,47-,48-,49-,50-,51-,52-,53-,54-,55-,56-,57-,58-,59-,60-,61-,62-,63-,64-,65-,66-,67-,68-,69-,70-,71-,72-,73-,74-,75-,76-/m1/s1. The average Bonchev–Trinajstić information content (AvgIpc) is 0.765. The van der Waals surface area contributed by atoms with Crippen molar-refractivity contribution >= 4 is 0 Å². The van der Waals surface area contributed by atoms with Gasteiger partial charge in [0.15, 0.2) is 75.5 Å². The molecular weight excluding hydrogens is 1870 g/mol. The second-order valence-corrected chi connectivity index (χ2v) is 34.9. The summed E-state index contributed by atoms with van der Waals surface area (Å²) in [5, 5.41) is 386. The predicted octanol–water partition coefficient (Wildman–Crippen LogP) is -24.5. The molecule has 44 rings (SSSR count). The lowest BCUT2D eigenvalue weighted by Gasteiger charge is -2.50. The molecule has 34 N–H and O–H groups in total. The largest absolute Gasteiger partial charge is 0.394 e. The van der Waals surface area contributed by atoms with Crippen LogP contribution in [0.15, 0.2) is 12.2 Å². The van der Waals surface area contributed by atoms with Crippen LogP contribution in [-0.4, -0.2) is 635 Å². The molecule has 60 atom stereocenters. The van der Waals surface area contributed by atoms with E-state index in [9.17, 15) is 174 Å². The molecule has 0 aliphatic carbocycles. The topological polar surface area (TPSA) is 928 Å². The normalized spacial score (nSPS) is 54.3. The minimum Gasteiger partial charge on any atom is -0.394 e. The summed E-state index contributed by atoms with van der Waals surface area (Å²) < 4.78 is 152. The summed E-state index contributed by atoms with van der Waals surface area (Å²) in [5.74, 6) is 0. The molecule has 0 aromatic carbocycles. The zero-order chi connectivity index (χ0) is 98.3. The minimum absolute atomic E-state index is 0.530. The Bertz CT molecular complexity index is 3390. The number of rotatable bonds is 18. The Balaban J connectivity index is 0.696. The lowest BCUT2D eigenvalue weighted by atomic mass is 9.94. The maximum absolute atomic E-state index is 12.1. The van der Waals surface area contributed by atoms with E-state index in [1.807, 2.05) is 0 Å². The molecule has 0 unspecified atom stereocenters. The molecule has 44 aliphatic rings. The molecule has 44 saturated heterocycles. The summed E-state index contributed by atoms with van der Waals surface area (Å²) in [4.78, 5) is 0. The van der Waals surface area contributed by atoms with E-state index < -0.39 is 461 Å². The van der Waals surface area contributed by atoms with Crippen molar-refractivity contribution in [3.8, 4) is 0 Å². The lowest BCUT2D eigenvalue weighted by Crippen LogP contribution is -2.69. The number of hydrogen-bond acceptors (Lipinski definition) is 60. The van der Waals surface area contributed by atoms with Gasteiger partial charge in [-0.2, -0.15) is 0 Å². The molecule has 0 amide bonds. The maximum Gasteiger partial charge on any atom is 0.187 e. The number of aliphatic hydroxyl groups is 34. The zero-order valence-corrected chi connectivity index (χ0v) is 71.5. The van der Waals surface area contributed by atoms with Crippen molar-refractivity contribution in [3.05, 3.63) is 12.2 Å². The smallest absolute Gasteiger partial charge is 0.187 e. The van der Waals surface area contributed by atoms with Gasteiger partial charge in [0, 0.05) is 0 Å². The monoisotopic (exact) mass is 2000 g/mol. The van der Waals surface area contributed by atoms with Gasteiger partial charge in [-0.3, -0.25) is 0 Å². The fourth-order valence-electron chi connectivity index (χ4n) is 18.5. The molecule has 44 heterocycles. The molecule has 44 aliphatic heterocycles. The molecule has 0 spiro atoms. The van der Waals surface area contributed by atoms with Gasteiger partial charge in [-0.15, -0.1) is 0 Å². The van der Waals surface area contributed by atoms with E-state index in [0.29, 0.717) is 0 Å². The minimum atomic E-state index is -2.37. The summed E-state index contributed by atoms with van der Waals surface area (Å²) in [6.45, 7) is -13.9. The molecule has 0 saturated carbocycles. The van der Waals surface area contributed by atoms with Crippen LogP contribution in [0.2, 0.25) is 0 Å². The first-order valence-electron chi connectivity index (χ1n) is 43.9. The summed E-state index contributed by atoms with van der Waals surface area (Å²) >= 11 is 0. The van der Waals surface area contributed by atoms with Gasteiger partial charge >= 0.3 is 0 Å². The highest BCUT2D eigenvalue weighted by Gasteiger charge is 2.64. The van der Waals surface area contributed by atoms with Gasteiger partial charge in [0.2, 0.25) is 0 Å². The Morgan fingerprint density at radius 3 is 0.331 bits per heavy atom. The molecule has 44 fully saturated rings. The van der Waals surface area contributed by atoms with Gasteiger partial charge in [0.1, 0.15) is 293 Å². The van der Waals surface area contributed by atoms with Crippen molar-refractivity contribution in [3.63, 3.8) is 0 Å². The van der Waals surface area contributed by atoms with Crippen LogP contribution in [0.4, 0.5) is 0 Å². The Kier molecular flexibility index (Phi) is 38.0. The quantitative estimate of drug-likeness (QED) is 0.0448. The van der Waals surface area contributed by atoms with Crippen molar-refractivity contribution in [1.82, 2.24) is 0 Å². The zero-order valence-electron chi connectivity index (χ0n) is 71.5. The van der Waals surface area contributed by atoms with Gasteiger partial charge in [-0.25, -0.2) is 0 Å². The number of aliphatic hydroxyl groups excluding tert-OH is 34. The van der Waals surface area contributed by atoms with E-state index in [4.69, 9.17) is 123 Å². The summed E-state index contributed by atoms with van der Waals surface area (Å²) in [7, 11) is 0. The molecule has 24 bridgehead atoms. The van der Waals surface area contributed by atoms with Crippen molar-refractivity contribution < 1.29 is 297 Å². The Hall–Kier alpha value is -2.66. The first kappa shape index (κ1) is 109. The van der Waals surface area contributed by atoms with E-state index in [0.717, 1.165) is 0 Å². The Morgan fingerprint density at radius 2 is 0.228 bits per heavy atom. The highest BCUT2D eigenvalue weighted by molar-refractivity contribution is 5.06. The molecule has 0 radical (unpaired) electrons. The summed E-state index contributed by atoms with van der Waals surface area (Å²) in [6, 6.07) is 0. The Morgan fingerprint density at radius 1 is 0.132 bits per heavy atom. The summed E-state index contributed by atoms with van der Waals surface area (Å²) in [6.07, 6.45) is -124. The van der Waals surface area contributed by atoms with Crippen LogP contribution in [0.5, 0.6) is 0 Å². The van der Waals surface area contributed by atoms with E-state index >= 15 is 0 Å². The van der Waals surface area contributed by atoms with Crippen molar-refractivity contribution in [2.24, 2.45) is 0 Å². The molecular formula is C76H124O60. The average molecular weight is 2000 g/mol. The first-order valence-corrected chi connectivity index (χ1v) is 43.9. The van der Waals surface area contributed by atoms with Crippen molar-refractivity contribution in [2.45, 2.75) is 368 Å².